The fourth-order valence-electron chi connectivity index (χ4n) is 3.77. The van der Waals surface area contributed by atoms with Crippen LogP contribution < -0.4 is 15.4 Å². The number of carbonyl (C=O) groups excluding carboxylic acids is 1. The van der Waals surface area contributed by atoms with Crippen molar-refractivity contribution in [2.24, 2.45) is 7.05 Å². The summed E-state index contributed by atoms with van der Waals surface area (Å²) in [6.45, 7) is 2.60. The van der Waals surface area contributed by atoms with Gasteiger partial charge in [0.25, 0.3) is 0 Å². The topological polar surface area (TPSA) is 84.0 Å². The number of carbonyl (C=O) groups is 1. The zero-order valence-electron chi connectivity index (χ0n) is 18.0. The third-order valence-electron chi connectivity index (χ3n) is 5.42. The van der Waals surface area contributed by atoms with E-state index < -0.39 is 6.04 Å². The van der Waals surface area contributed by atoms with Gasteiger partial charge in [0.1, 0.15) is 17.6 Å². The van der Waals surface area contributed by atoms with Crippen molar-refractivity contribution < 1.29 is 9.53 Å². The van der Waals surface area contributed by atoms with Crippen LogP contribution in [0.4, 0.5) is 4.79 Å². The van der Waals surface area contributed by atoms with E-state index in [-0.39, 0.29) is 6.03 Å². The zero-order chi connectivity index (χ0) is 21.8. The maximum Gasteiger partial charge on any atom is 0.315 e. The van der Waals surface area contributed by atoms with E-state index in [9.17, 15) is 4.79 Å². The molecular weight excluding hydrogens is 390 g/mol. The molecule has 1 unspecified atom stereocenters. The van der Waals surface area contributed by atoms with E-state index in [4.69, 9.17) is 4.74 Å². The largest absolute Gasteiger partial charge is 0.497 e. The lowest BCUT2D eigenvalue weighted by Gasteiger charge is -2.20. The minimum Gasteiger partial charge on any atom is -0.497 e. The number of imidazole rings is 1. The van der Waals surface area contributed by atoms with Crippen molar-refractivity contribution in [3.63, 3.8) is 0 Å². The number of aromatic amines is 1. The first-order valence-corrected chi connectivity index (χ1v) is 10.3. The number of hydrogen-bond donors (Lipinski definition) is 3. The molecule has 160 valence electrons. The Labute approximate surface area is 181 Å². The molecule has 2 aromatic heterocycles. The Morgan fingerprint density at radius 2 is 2.13 bits per heavy atom. The third-order valence-corrected chi connectivity index (χ3v) is 5.42. The first-order valence-electron chi connectivity index (χ1n) is 10.3. The molecule has 0 radical (unpaired) electrons. The Kier molecular flexibility index (Phi) is 5.93. The van der Waals surface area contributed by atoms with Crippen LogP contribution in [0.25, 0.3) is 10.9 Å². The van der Waals surface area contributed by atoms with Gasteiger partial charge in [-0.1, -0.05) is 24.3 Å². The number of amides is 2. The van der Waals surface area contributed by atoms with Crippen molar-refractivity contribution in [2.45, 2.75) is 19.4 Å². The Bertz CT molecular complexity index is 1190. The summed E-state index contributed by atoms with van der Waals surface area (Å²) in [5.41, 5.74) is 4.42. The Hall–Kier alpha value is -3.74. The van der Waals surface area contributed by atoms with E-state index >= 15 is 0 Å². The van der Waals surface area contributed by atoms with Crippen molar-refractivity contribution in [3.05, 3.63) is 83.6 Å². The van der Waals surface area contributed by atoms with E-state index in [0.29, 0.717) is 6.54 Å². The monoisotopic (exact) mass is 417 g/mol. The van der Waals surface area contributed by atoms with Gasteiger partial charge < -0.3 is 24.9 Å². The number of aryl methyl sites for hydroxylation is 2. The predicted molar refractivity (Wildman–Crippen MR) is 121 cm³/mol. The third kappa shape index (κ3) is 4.55. The average Bonchev–Trinajstić information content (AvgIpc) is 3.37. The highest BCUT2D eigenvalue weighted by atomic mass is 16.5. The number of aromatic nitrogens is 3. The molecule has 0 aliphatic carbocycles. The Morgan fingerprint density at radius 1 is 1.26 bits per heavy atom. The van der Waals surface area contributed by atoms with Crippen LogP contribution in [0.1, 0.15) is 28.6 Å². The van der Waals surface area contributed by atoms with Gasteiger partial charge >= 0.3 is 6.03 Å². The van der Waals surface area contributed by atoms with Crippen LogP contribution >= 0.6 is 0 Å². The number of H-pyrrole nitrogens is 1. The molecule has 4 aromatic rings. The molecule has 3 N–H and O–H groups in total. The molecule has 2 aromatic carbocycles. The molecule has 7 nitrogen and oxygen atoms in total. The average molecular weight is 418 g/mol. The molecule has 4 rings (SSSR count). The van der Waals surface area contributed by atoms with Crippen molar-refractivity contribution in [2.75, 3.05) is 13.7 Å². The number of benzene rings is 2. The molecular formula is C24H27N5O2. The number of ether oxygens (including phenoxy) is 1. The normalized spacial score (nSPS) is 12.0. The second kappa shape index (κ2) is 8.95. The van der Waals surface area contributed by atoms with Crippen molar-refractivity contribution in [1.82, 2.24) is 25.2 Å². The molecule has 31 heavy (non-hydrogen) atoms. The summed E-state index contributed by atoms with van der Waals surface area (Å²) in [5, 5.41) is 7.22. The van der Waals surface area contributed by atoms with Crippen LogP contribution in [0.15, 0.2) is 61.1 Å². The van der Waals surface area contributed by atoms with Crippen LogP contribution in [-0.4, -0.2) is 34.2 Å². The number of rotatable bonds is 7. The molecule has 0 saturated carbocycles. The number of hydrogen-bond acceptors (Lipinski definition) is 3. The van der Waals surface area contributed by atoms with Crippen LogP contribution in [0.2, 0.25) is 0 Å². The fourth-order valence-corrected chi connectivity index (χ4v) is 3.77. The minimum absolute atomic E-state index is 0.244. The van der Waals surface area contributed by atoms with Gasteiger partial charge in [-0.25, -0.2) is 9.78 Å². The maximum absolute atomic E-state index is 12.7. The van der Waals surface area contributed by atoms with Crippen molar-refractivity contribution >= 4 is 16.9 Å². The summed E-state index contributed by atoms with van der Waals surface area (Å²) < 4.78 is 7.25. The van der Waals surface area contributed by atoms with E-state index in [2.05, 4.69) is 45.7 Å². The number of nitrogens with zero attached hydrogens (tertiary/aromatic N) is 2. The van der Waals surface area contributed by atoms with E-state index in [1.54, 1.807) is 13.3 Å². The summed E-state index contributed by atoms with van der Waals surface area (Å²) in [7, 11) is 3.54. The van der Waals surface area contributed by atoms with Crippen LogP contribution in [0, 0.1) is 6.92 Å². The molecule has 1 atom stereocenters. The summed E-state index contributed by atoms with van der Waals surface area (Å²) in [6, 6.07) is 13.4. The van der Waals surface area contributed by atoms with Gasteiger partial charge in [-0.15, -0.1) is 0 Å². The van der Waals surface area contributed by atoms with Crippen LogP contribution in [0.5, 0.6) is 5.75 Å². The molecule has 0 aliphatic rings. The van der Waals surface area contributed by atoms with Gasteiger partial charge in [0.15, 0.2) is 0 Å². The number of urea groups is 1. The lowest BCUT2D eigenvalue weighted by molar-refractivity contribution is 0.238. The molecule has 0 spiro atoms. The lowest BCUT2D eigenvalue weighted by Crippen LogP contribution is -2.40. The Morgan fingerprint density at radius 3 is 2.90 bits per heavy atom. The van der Waals surface area contributed by atoms with Gasteiger partial charge in [0, 0.05) is 43.1 Å². The van der Waals surface area contributed by atoms with Gasteiger partial charge in [-0.3, -0.25) is 0 Å². The SMILES string of the molecule is COc1cccc(C(NC(=O)NCCc2c[nH]c3cc(C)ccc23)c2nccn2C)c1. The highest BCUT2D eigenvalue weighted by Crippen LogP contribution is 2.24. The first kappa shape index (κ1) is 20.5. The van der Waals surface area contributed by atoms with E-state index in [1.807, 2.05) is 48.3 Å². The molecule has 0 aliphatic heterocycles. The molecule has 7 heteroatoms. The molecule has 2 amide bonds. The van der Waals surface area contributed by atoms with Gasteiger partial charge in [-0.2, -0.15) is 0 Å². The van der Waals surface area contributed by atoms with Crippen LogP contribution in [0.3, 0.4) is 0 Å². The molecule has 0 fully saturated rings. The Balaban J connectivity index is 1.44. The summed E-state index contributed by atoms with van der Waals surface area (Å²) in [5.74, 6) is 1.48. The van der Waals surface area contributed by atoms with Gasteiger partial charge in [0.2, 0.25) is 0 Å². The van der Waals surface area contributed by atoms with Gasteiger partial charge in [-0.05, 0) is 48.2 Å². The van der Waals surface area contributed by atoms with Gasteiger partial charge in [0.05, 0.1) is 7.11 Å². The lowest BCUT2D eigenvalue weighted by atomic mass is 10.1. The second-order valence-corrected chi connectivity index (χ2v) is 7.62. The molecule has 0 bridgehead atoms. The van der Waals surface area contributed by atoms with E-state index in [0.717, 1.165) is 29.1 Å². The highest BCUT2D eigenvalue weighted by molar-refractivity contribution is 5.84. The standard InChI is InChI=1S/C24H27N5O2/c1-16-7-8-20-18(15-27-21(20)13-16)9-10-26-24(30)28-22(23-25-11-12-29(23)2)17-5-4-6-19(14-17)31-3/h4-8,11-15,22,27H,9-10H2,1-3H3,(H2,26,28,30). The number of methoxy groups -OCH3 is 1. The minimum atomic E-state index is -0.397. The number of fused-ring (bicyclic) bond motifs is 1. The first-order chi connectivity index (χ1) is 15.0. The maximum atomic E-state index is 12.7. The zero-order valence-corrected chi connectivity index (χ0v) is 18.0. The predicted octanol–water partition coefficient (Wildman–Crippen LogP) is 3.85. The molecule has 2 heterocycles. The van der Waals surface area contributed by atoms with Crippen LogP contribution in [-0.2, 0) is 13.5 Å². The molecule has 0 saturated heterocycles. The summed E-state index contributed by atoms with van der Waals surface area (Å²) in [6.07, 6.45) is 6.33. The smallest absolute Gasteiger partial charge is 0.315 e. The fraction of sp³-hybridized carbons (Fsp3) is 0.250. The van der Waals surface area contributed by atoms with E-state index in [1.165, 1.54) is 16.5 Å². The van der Waals surface area contributed by atoms with Crippen molar-refractivity contribution in [1.29, 1.82) is 0 Å². The second-order valence-electron chi connectivity index (χ2n) is 7.62. The number of nitrogens with one attached hydrogen (secondary N) is 3. The summed E-state index contributed by atoms with van der Waals surface area (Å²) >= 11 is 0. The van der Waals surface area contributed by atoms with Crippen molar-refractivity contribution in [3.8, 4) is 5.75 Å². The quantitative estimate of drug-likeness (QED) is 0.427. The highest BCUT2D eigenvalue weighted by Gasteiger charge is 2.21. The summed E-state index contributed by atoms with van der Waals surface area (Å²) in [4.78, 5) is 20.5.